The van der Waals surface area contributed by atoms with Crippen LogP contribution >= 0.6 is 0 Å². The Bertz CT molecular complexity index is 1820. The quantitative estimate of drug-likeness (QED) is 0.137. The second-order valence-corrected chi connectivity index (χ2v) is 7.14. The van der Waals surface area contributed by atoms with Crippen LogP contribution in [0.1, 0.15) is 0 Å². The molecule has 3 heterocycles. The van der Waals surface area contributed by atoms with Crippen molar-refractivity contribution >= 4 is 43.9 Å². The van der Waals surface area contributed by atoms with Gasteiger partial charge in [0.1, 0.15) is 16.9 Å². The number of phenolic OH excluding ortho intramolecular Hbond substituents is 4. The fourth-order valence-corrected chi connectivity index (χ4v) is 3.96. The topological polar surface area (TPSA) is 159 Å². The van der Waals surface area contributed by atoms with E-state index in [9.17, 15) is 30.0 Å². The Morgan fingerprint density at radius 1 is 0.742 bits per heavy atom. The van der Waals surface area contributed by atoms with E-state index in [1.807, 2.05) is 0 Å². The summed E-state index contributed by atoms with van der Waals surface area (Å²) in [4.78, 5) is 22.8. The van der Waals surface area contributed by atoms with Gasteiger partial charge in [0.25, 0.3) is 5.75 Å². The van der Waals surface area contributed by atoms with Gasteiger partial charge in [-0.25, -0.2) is 4.79 Å². The molecule has 0 radical (unpaired) electrons. The van der Waals surface area contributed by atoms with E-state index in [0.717, 1.165) is 6.07 Å². The van der Waals surface area contributed by atoms with Crippen LogP contribution in [0.2, 0.25) is 0 Å². The Hall–Kier alpha value is -4.66. The maximum Gasteiger partial charge on any atom is 0.386 e. The Morgan fingerprint density at radius 3 is 2.23 bits per heavy atom. The Balaban J connectivity index is 1.97. The van der Waals surface area contributed by atoms with Gasteiger partial charge in [0.15, 0.2) is 28.4 Å². The number of phenols is 4. The van der Waals surface area contributed by atoms with Gasteiger partial charge in [-0.1, -0.05) is 0 Å². The third-order valence-corrected chi connectivity index (χ3v) is 5.30. The van der Waals surface area contributed by atoms with Crippen LogP contribution in [0.15, 0.2) is 54.4 Å². The van der Waals surface area contributed by atoms with Gasteiger partial charge in [-0.2, -0.15) is 0 Å². The van der Waals surface area contributed by atoms with E-state index in [0.29, 0.717) is 10.8 Å². The average Bonchev–Trinajstić information content (AvgIpc) is 2.73. The number of rotatable bonds is 1. The summed E-state index contributed by atoms with van der Waals surface area (Å²) >= 11 is 0. The summed E-state index contributed by atoms with van der Waals surface area (Å²) in [6, 6.07) is 7.64. The molecule has 0 spiro atoms. The number of hydrogen-bond donors (Lipinski definition) is 4. The summed E-state index contributed by atoms with van der Waals surface area (Å²) in [6.07, 6.45) is 0. The van der Waals surface area contributed by atoms with E-state index in [1.54, 1.807) is 0 Å². The number of hydrogen-bond acceptors (Lipinski definition) is 8. The molecule has 3 aromatic heterocycles. The smallest absolute Gasteiger partial charge is 0.386 e. The van der Waals surface area contributed by atoms with Crippen molar-refractivity contribution in [3.8, 4) is 34.3 Å². The highest BCUT2D eigenvalue weighted by molar-refractivity contribution is 6.28. The highest BCUT2D eigenvalue weighted by Crippen LogP contribution is 2.45. The van der Waals surface area contributed by atoms with Crippen LogP contribution in [0, 0.1) is 0 Å². The molecule has 0 atom stereocenters. The van der Waals surface area contributed by atoms with E-state index in [-0.39, 0.29) is 55.9 Å². The Morgan fingerprint density at radius 2 is 1.48 bits per heavy atom. The first-order valence-corrected chi connectivity index (χ1v) is 9.02. The van der Waals surface area contributed by atoms with Crippen molar-refractivity contribution in [2.75, 3.05) is 0 Å². The van der Waals surface area contributed by atoms with Gasteiger partial charge in [-0.3, -0.25) is 4.79 Å². The first-order chi connectivity index (χ1) is 14.8. The van der Waals surface area contributed by atoms with Crippen LogP contribution in [0.4, 0.5) is 0 Å². The van der Waals surface area contributed by atoms with Gasteiger partial charge in [0.2, 0.25) is 0 Å². The van der Waals surface area contributed by atoms with E-state index in [1.165, 1.54) is 30.3 Å². The van der Waals surface area contributed by atoms with Gasteiger partial charge in [-0.05, 0) is 18.2 Å². The van der Waals surface area contributed by atoms with E-state index in [2.05, 4.69) is 0 Å². The van der Waals surface area contributed by atoms with Crippen LogP contribution in [0.25, 0.3) is 55.2 Å². The first kappa shape index (κ1) is 17.2. The SMILES string of the molecule is O=c1oc2c(-c3ccc(O)c(O)c3)oc3cc(O)cc4oc5c(O)c(=[OH+])cc1c5c2c34. The summed E-state index contributed by atoms with van der Waals surface area (Å²) in [5, 5.41) is 41.0. The van der Waals surface area contributed by atoms with Crippen LogP contribution in [0.3, 0.4) is 0 Å². The summed E-state index contributed by atoms with van der Waals surface area (Å²) in [6.45, 7) is 0. The van der Waals surface area contributed by atoms with Crippen LogP contribution in [0.5, 0.6) is 23.0 Å². The lowest BCUT2D eigenvalue weighted by Crippen LogP contribution is -2.09. The summed E-state index contributed by atoms with van der Waals surface area (Å²) in [5.74, 6) is -1.50. The molecule has 152 valence electrons. The predicted octanol–water partition coefficient (Wildman–Crippen LogP) is 3.37. The minimum Gasteiger partial charge on any atom is -0.508 e. The molecule has 6 aromatic rings. The molecule has 0 saturated heterocycles. The molecule has 9 heteroatoms. The molecule has 3 aromatic carbocycles. The Kier molecular flexibility index (Phi) is 3.04. The molecular formula is C22H11O9+. The van der Waals surface area contributed by atoms with Crippen LogP contribution in [-0.4, -0.2) is 25.2 Å². The molecule has 9 nitrogen and oxygen atoms in total. The second kappa shape index (κ2) is 5.48. The lowest BCUT2D eigenvalue weighted by molar-refractivity contribution is 0.404. The van der Waals surface area contributed by atoms with Crippen molar-refractivity contribution < 1.29 is 38.5 Å². The molecule has 0 unspecified atom stereocenters. The molecule has 0 saturated carbocycles. The van der Waals surface area contributed by atoms with Gasteiger partial charge >= 0.3 is 11.1 Å². The predicted molar refractivity (Wildman–Crippen MR) is 108 cm³/mol. The molecule has 0 aliphatic rings. The molecular weight excluding hydrogens is 408 g/mol. The van der Waals surface area contributed by atoms with Crippen molar-refractivity contribution in [1.29, 1.82) is 0 Å². The maximum absolute atomic E-state index is 12.7. The second-order valence-electron chi connectivity index (χ2n) is 7.14. The lowest BCUT2D eigenvalue weighted by Gasteiger charge is -2.14. The van der Waals surface area contributed by atoms with Gasteiger partial charge < -0.3 is 33.7 Å². The fraction of sp³-hybridized carbons (Fsp3) is 0. The minimum absolute atomic E-state index is 0.00308. The fourth-order valence-electron chi connectivity index (χ4n) is 3.96. The molecule has 0 fully saturated rings. The van der Waals surface area contributed by atoms with Crippen LogP contribution in [-0.2, 0) is 0 Å². The van der Waals surface area contributed by atoms with E-state index in [4.69, 9.17) is 13.3 Å². The highest BCUT2D eigenvalue weighted by Gasteiger charge is 2.27. The normalized spacial score (nSPS) is 12.0. The molecule has 0 aliphatic heterocycles. The Labute approximate surface area is 169 Å². The van der Waals surface area contributed by atoms with Gasteiger partial charge in [0.05, 0.1) is 16.8 Å². The van der Waals surface area contributed by atoms with Crippen molar-refractivity contribution in [3.05, 3.63) is 52.2 Å². The van der Waals surface area contributed by atoms with Crippen molar-refractivity contribution in [2.45, 2.75) is 0 Å². The van der Waals surface area contributed by atoms with Crippen molar-refractivity contribution in [1.82, 2.24) is 0 Å². The molecule has 31 heavy (non-hydrogen) atoms. The summed E-state index contributed by atoms with van der Waals surface area (Å²) in [5.41, 5.74) is -0.983. The molecule has 0 amide bonds. The van der Waals surface area contributed by atoms with Crippen molar-refractivity contribution in [2.24, 2.45) is 0 Å². The first-order valence-electron chi connectivity index (χ1n) is 9.02. The summed E-state index contributed by atoms with van der Waals surface area (Å²) in [7, 11) is 0. The largest absolute Gasteiger partial charge is 0.508 e. The summed E-state index contributed by atoms with van der Waals surface area (Å²) < 4.78 is 17.2. The molecule has 0 bridgehead atoms. The maximum atomic E-state index is 12.7. The zero-order valence-electron chi connectivity index (χ0n) is 15.3. The molecule has 0 aliphatic carbocycles. The zero-order chi connectivity index (χ0) is 21.6. The third kappa shape index (κ3) is 2.14. The average molecular weight is 419 g/mol. The third-order valence-electron chi connectivity index (χ3n) is 5.30. The van der Waals surface area contributed by atoms with E-state index < -0.39 is 22.6 Å². The minimum atomic E-state index is -0.816. The highest BCUT2D eigenvalue weighted by atomic mass is 16.4. The van der Waals surface area contributed by atoms with Gasteiger partial charge in [0, 0.05) is 28.5 Å². The standard InChI is InChI=1S/C22H10O9/c23-8-4-13-16-14(5-8)30-20-15-9(6-12(26)18(20)27)22(28)31-21(17(15)16)19(29-13)7-1-2-10(24)11(25)3-7/h1-6,23-25,27H/p+1. The number of aromatic hydroxyl groups is 4. The lowest BCUT2D eigenvalue weighted by atomic mass is 9.99. The van der Waals surface area contributed by atoms with E-state index >= 15 is 0 Å². The van der Waals surface area contributed by atoms with Crippen LogP contribution < -0.4 is 11.1 Å². The molecule has 6 rings (SSSR count). The zero-order valence-corrected chi connectivity index (χ0v) is 15.3. The van der Waals surface area contributed by atoms with Crippen molar-refractivity contribution in [3.63, 3.8) is 0 Å². The molecule has 5 N–H and O–H groups in total. The number of benzene rings is 3. The monoisotopic (exact) mass is 419 g/mol. The van der Waals surface area contributed by atoms with Gasteiger partial charge in [-0.15, -0.1) is 0 Å².